The maximum absolute atomic E-state index is 12.0. The molecule has 0 aliphatic rings. The Morgan fingerprint density at radius 3 is 2.67 bits per heavy atom. The lowest BCUT2D eigenvalue weighted by Gasteiger charge is -2.13. The van der Waals surface area contributed by atoms with E-state index in [1.165, 1.54) is 0 Å². The number of rotatable bonds is 4. The third-order valence-electron chi connectivity index (χ3n) is 2.70. The molecule has 0 bridgehead atoms. The highest BCUT2D eigenvalue weighted by Gasteiger charge is 2.14. The molecule has 0 aliphatic carbocycles. The first kappa shape index (κ1) is 15.5. The number of benzene rings is 2. The van der Waals surface area contributed by atoms with E-state index in [4.69, 9.17) is 33.7 Å². The van der Waals surface area contributed by atoms with Gasteiger partial charge >= 0.3 is 0 Å². The van der Waals surface area contributed by atoms with Crippen molar-refractivity contribution in [1.29, 1.82) is 0 Å². The van der Waals surface area contributed by atoms with E-state index in [0.717, 1.165) is 0 Å². The maximum atomic E-state index is 12.0. The number of nitrogens with two attached hydrogens (primary N) is 1. The molecule has 0 saturated heterocycles. The number of amides is 1. The fraction of sp³-hybridized carbons (Fsp3) is 0.133. The Balaban J connectivity index is 2.40. The number of anilines is 1. The zero-order valence-corrected chi connectivity index (χ0v) is 12.8. The lowest BCUT2D eigenvalue weighted by atomic mass is 10.1. The molecule has 0 saturated carbocycles. The van der Waals surface area contributed by atoms with Gasteiger partial charge in [0.1, 0.15) is 11.5 Å². The van der Waals surface area contributed by atoms with Crippen LogP contribution in [-0.4, -0.2) is 12.5 Å². The minimum atomic E-state index is -0.245. The van der Waals surface area contributed by atoms with Gasteiger partial charge in [-0.2, -0.15) is 0 Å². The van der Waals surface area contributed by atoms with Gasteiger partial charge in [0.25, 0.3) is 5.91 Å². The van der Waals surface area contributed by atoms with Crippen molar-refractivity contribution in [2.75, 3.05) is 12.3 Å². The monoisotopic (exact) mass is 324 g/mol. The first-order valence-electron chi connectivity index (χ1n) is 6.32. The van der Waals surface area contributed by atoms with E-state index >= 15 is 0 Å². The molecule has 0 aliphatic heterocycles. The summed E-state index contributed by atoms with van der Waals surface area (Å²) < 4.78 is 5.71. The topological polar surface area (TPSA) is 64.4 Å². The summed E-state index contributed by atoms with van der Waals surface area (Å²) in [4.78, 5) is 12.0. The molecule has 0 heterocycles. The predicted molar refractivity (Wildman–Crippen MR) is 85.4 cm³/mol. The Labute approximate surface area is 132 Å². The van der Waals surface area contributed by atoms with Crippen LogP contribution in [0.5, 0.6) is 11.5 Å². The molecule has 2 aromatic rings. The summed E-state index contributed by atoms with van der Waals surface area (Å²) in [5.41, 5.74) is 6.61. The van der Waals surface area contributed by atoms with Crippen LogP contribution in [-0.2, 0) is 0 Å². The van der Waals surface area contributed by atoms with Gasteiger partial charge in [-0.3, -0.25) is 4.79 Å². The van der Waals surface area contributed by atoms with Gasteiger partial charge < -0.3 is 15.8 Å². The van der Waals surface area contributed by atoms with Gasteiger partial charge in [0.2, 0.25) is 0 Å². The quantitative estimate of drug-likeness (QED) is 0.831. The van der Waals surface area contributed by atoms with Gasteiger partial charge in [-0.1, -0.05) is 23.2 Å². The minimum Gasteiger partial charge on any atom is -0.455 e. The van der Waals surface area contributed by atoms with Crippen LogP contribution in [0.25, 0.3) is 0 Å². The highest BCUT2D eigenvalue weighted by molar-refractivity contribution is 6.34. The number of nitrogen functional groups attached to an aromatic ring is 1. The summed E-state index contributed by atoms with van der Waals surface area (Å²) in [5.74, 6) is 0.441. The summed E-state index contributed by atoms with van der Waals surface area (Å²) in [6.07, 6.45) is 0. The molecule has 0 aromatic heterocycles. The summed E-state index contributed by atoms with van der Waals surface area (Å²) in [6.45, 7) is 2.35. The van der Waals surface area contributed by atoms with Crippen molar-refractivity contribution >= 4 is 34.8 Å². The van der Waals surface area contributed by atoms with Gasteiger partial charge in [0, 0.05) is 29.4 Å². The second kappa shape index (κ2) is 6.70. The zero-order chi connectivity index (χ0) is 15.4. The number of carbonyl (C=O) groups excluding carboxylic acids is 1. The van der Waals surface area contributed by atoms with Gasteiger partial charge in [0.15, 0.2) is 0 Å². The van der Waals surface area contributed by atoms with Crippen LogP contribution in [0.3, 0.4) is 0 Å². The van der Waals surface area contributed by atoms with Crippen LogP contribution in [0.2, 0.25) is 10.0 Å². The normalized spacial score (nSPS) is 10.2. The molecule has 0 spiro atoms. The molecule has 6 heteroatoms. The van der Waals surface area contributed by atoms with Crippen LogP contribution in [0.15, 0.2) is 36.4 Å². The van der Waals surface area contributed by atoms with Crippen LogP contribution in [0.4, 0.5) is 5.69 Å². The van der Waals surface area contributed by atoms with Crippen molar-refractivity contribution in [3.63, 3.8) is 0 Å². The molecular formula is C15H14Cl2N2O2. The minimum absolute atomic E-state index is 0.245. The van der Waals surface area contributed by atoms with E-state index in [1.807, 2.05) is 6.92 Å². The van der Waals surface area contributed by atoms with Crippen LogP contribution in [0, 0.1) is 0 Å². The number of nitrogens with one attached hydrogen (secondary N) is 1. The summed E-state index contributed by atoms with van der Waals surface area (Å²) in [5, 5.41) is 3.59. The highest BCUT2D eigenvalue weighted by atomic mass is 35.5. The third kappa shape index (κ3) is 3.80. The first-order valence-corrected chi connectivity index (χ1v) is 7.07. The molecule has 2 aromatic carbocycles. The molecular weight excluding hydrogens is 311 g/mol. The fourth-order valence-electron chi connectivity index (χ4n) is 1.74. The summed E-state index contributed by atoms with van der Waals surface area (Å²) in [7, 11) is 0. The van der Waals surface area contributed by atoms with Crippen molar-refractivity contribution in [1.82, 2.24) is 5.32 Å². The molecule has 0 radical (unpaired) electrons. The summed E-state index contributed by atoms with van der Waals surface area (Å²) in [6, 6.07) is 9.67. The molecule has 110 valence electrons. The Bertz CT molecular complexity index is 675. The smallest absolute Gasteiger partial charge is 0.255 e. The van der Waals surface area contributed by atoms with Crippen LogP contribution in [0.1, 0.15) is 17.3 Å². The SMILES string of the molecule is CCNC(=O)c1ccc(N)cc1Oc1cc(Cl)ccc1Cl. The first-order chi connectivity index (χ1) is 10.0. The Hall–Kier alpha value is -1.91. The number of carbonyl (C=O) groups is 1. The Morgan fingerprint density at radius 2 is 1.95 bits per heavy atom. The molecule has 2 rings (SSSR count). The standard InChI is InChI=1S/C15H14Cl2N2O2/c1-2-19-15(20)11-5-4-10(18)8-13(11)21-14-7-9(16)3-6-12(14)17/h3-8H,2,18H2,1H3,(H,19,20). The van der Waals surface area contributed by atoms with Gasteiger partial charge in [0.05, 0.1) is 10.6 Å². The van der Waals surface area contributed by atoms with E-state index < -0.39 is 0 Å². The van der Waals surface area contributed by atoms with Gasteiger partial charge in [-0.15, -0.1) is 0 Å². The number of halogens is 2. The average Bonchev–Trinajstić information content (AvgIpc) is 2.43. The second-order valence-corrected chi connectivity index (χ2v) is 5.14. The molecule has 0 unspecified atom stereocenters. The van der Waals surface area contributed by atoms with Gasteiger partial charge in [-0.05, 0) is 31.2 Å². The molecule has 4 nitrogen and oxygen atoms in total. The lowest BCUT2D eigenvalue weighted by molar-refractivity contribution is 0.0953. The third-order valence-corrected chi connectivity index (χ3v) is 3.25. The molecule has 0 atom stereocenters. The number of hydrogen-bond acceptors (Lipinski definition) is 3. The summed E-state index contributed by atoms with van der Waals surface area (Å²) >= 11 is 12.0. The van der Waals surface area contributed by atoms with E-state index in [0.29, 0.717) is 39.3 Å². The van der Waals surface area contributed by atoms with E-state index in [-0.39, 0.29) is 5.91 Å². The van der Waals surface area contributed by atoms with Crippen molar-refractivity contribution in [3.8, 4) is 11.5 Å². The van der Waals surface area contributed by atoms with Crippen molar-refractivity contribution in [2.24, 2.45) is 0 Å². The molecule has 21 heavy (non-hydrogen) atoms. The Morgan fingerprint density at radius 1 is 1.19 bits per heavy atom. The zero-order valence-electron chi connectivity index (χ0n) is 11.3. The molecule has 1 amide bonds. The number of ether oxygens (including phenoxy) is 1. The largest absolute Gasteiger partial charge is 0.455 e. The van der Waals surface area contributed by atoms with E-state index in [1.54, 1.807) is 36.4 Å². The second-order valence-electron chi connectivity index (χ2n) is 4.29. The maximum Gasteiger partial charge on any atom is 0.255 e. The van der Waals surface area contributed by atoms with Crippen LogP contribution >= 0.6 is 23.2 Å². The van der Waals surface area contributed by atoms with Crippen molar-refractivity contribution in [2.45, 2.75) is 6.92 Å². The average molecular weight is 325 g/mol. The number of hydrogen-bond donors (Lipinski definition) is 2. The van der Waals surface area contributed by atoms with E-state index in [2.05, 4.69) is 5.32 Å². The predicted octanol–water partition coefficient (Wildman–Crippen LogP) is 4.12. The Kier molecular flexibility index (Phi) is 4.94. The van der Waals surface area contributed by atoms with Gasteiger partial charge in [-0.25, -0.2) is 0 Å². The van der Waals surface area contributed by atoms with Crippen LogP contribution < -0.4 is 15.8 Å². The highest BCUT2D eigenvalue weighted by Crippen LogP contribution is 2.34. The fourth-order valence-corrected chi connectivity index (χ4v) is 2.06. The van der Waals surface area contributed by atoms with Crippen molar-refractivity contribution < 1.29 is 9.53 Å². The van der Waals surface area contributed by atoms with E-state index in [9.17, 15) is 4.79 Å². The molecule has 0 fully saturated rings. The molecule has 3 N–H and O–H groups in total. The lowest BCUT2D eigenvalue weighted by Crippen LogP contribution is -2.23. The van der Waals surface area contributed by atoms with Crippen molar-refractivity contribution in [3.05, 3.63) is 52.0 Å².